The number of methoxy groups -OCH3 is 2. The van der Waals surface area contributed by atoms with Crippen LogP contribution in [0.2, 0.25) is 0 Å². The second kappa shape index (κ2) is 6.30. The van der Waals surface area contributed by atoms with Crippen molar-refractivity contribution >= 4 is 17.6 Å². The summed E-state index contributed by atoms with van der Waals surface area (Å²) >= 11 is 0. The Bertz CT molecular complexity index is 722. The van der Waals surface area contributed by atoms with Gasteiger partial charge in [0.25, 0.3) is 5.91 Å². The summed E-state index contributed by atoms with van der Waals surface area (Å²) in [5, 5.41) is 6.84. The van der Waals surface area contributed by atoms with Crippen molar-refractivity contribution in [1.82, 2.24) is 9.78 Å². The lowest BCUT2D eigenvalue weighted by molar-refractivity contribution is 0.0589. The SMILES string of the molecule is COC(=O)c1c(NC(=O)c2ccccc2OC)c(C)nn1C. The van der Waals surface area contributed by atoms with E-state index >= 15 is 0 Å². The van der Waals surface area contributed by atoms with Gasteiger partial charge in [-0.25, -0.2) is 4.79 Å². The van der Waals surface area contributed by atoms with Crippen molar-refractivity contribution in [2.24, 2.45) is 7.05 Å². The van der Waals surface area contributed by atoms with Gasteiger partial charge in [-0.2, -0.15) is 5.10 Å². The largest absolute Gasteiger partial charge is 0.496 e. The predicted octanol–water partition coefficient (Wildman–Crippen LogP) is 1.78. The zero-order chi connectivity index (χ0) is 16.3. The summed E-state index contributed by atoms with van der Waals surface area (Å²) in [6.07, 6.45) is 0. The van der Waals surface area contributed by atoms with Gasteiger partial charge in [0.1, 0.15) is 5.75 Å². The number of nitrogens with one attached hydrogen (secondary N) is 1. The van der Waals surface area contributed by atoms with E-state index in [2.05, 4.69) is 10.4 Å². The Morgan fingerprint density at radius 1 is 1.23 bits per heavy atom. The molecule has 0 aliphatic carbocycles. The van der Waals surface area contributed by atoms with Gasteiger partial charge in [-0.05, 0) is 19.1 Å². The third kappa shape index (κ3) is 2.78. The van der Waals surface area contributed by atoms with Gasteiger partial charge in [0.05, 0.1) is 31.2 Å². The maximum atomic E-state index is 12.4. The first-order valence-corrected chi connectivity index (χ1v) is 6.55. The van der Waals surface area contributed by atoms with Crippen molar-refractivity contribution in [3.8, 4) is 5.75 Å². The van der Waals surface area contributed by atoms with E-state index in [0.29, 0.717) is 22.7 Å². The number of amides is 1. The van der Waals surface area contributed by atoms with Gasteiger partial charge in [0.15, 0.2) is 5.69 Å². The molecule has 7 heteroatoms. The molecule has 7 nitrogen and oxygen atoms in total. The Morgan fingerprint density at radius 3 is 2.55 bits per heavy atom. The quantitative estimate of drug-likeness (QED) is 0.871. The molecule has 2 rings (SSSR count). The molecule has 0 aliphatic rings. The van der Waals surface area contributed by atoms with E-state index in [1.54, 1.807) is 38.2 Å². The van der Waals surface area contributed by atoms with E-state index in [4.69, 9.17) is 9.47 Å². The molecule has 2 aromatic rings. The number of carbonyl (C=O) groups is 2. The highest BCUT2D eigenvalue weighted by atomic mass is 16.5. The number of rotatable bonds is 4. The lowest BCUT2D eigenvalue weighted by atomic mass is 10.1. The number of benzene rings is 1. The first-order valence-electron chi connectivity index (χ1n) is 6.55. The lowest BCUT2D eigenvalue weighted by Gasteiger charge is -2.10. The predicted molar refractivity (Wildman–Crippen MR) is 80.2 cm³/mol. The first-order chi connectivity index (χ1) is 10.5. The van der Waals surface area contributed by atoms with Crippen molar-refractivity contribution < 1.29 is 19.1 Å². The molecule has 0 radical (unpaired) electrons. The van der Waals surface area contributed by atoms with Gasteiger partial charge < -0.3 is 14.8 Å². The van der Waals surface area contributed by atoms with Crippen molar-refractivity contribution in [3.05, 3.63) is 41.2 Å². The van der Waals surface area contributed by atoms with E-state index in [1.807, 2.05) is 0 Å². The Labute approximate surface area is 127 Å². The lowest BCUT2D eigenvalue weighted by Crippen LogP contribution is -2.17. The van der Waals surface area contributed by atoms with Gasteiger partial charge in [0.2, 0.25) is 0 Å². The number of hydrogen-bond acceptors (Lipinski definition) is 5. The van der Waals surface area contributed by atoms with Crippen molar-refractivity contribution in [2.45, 2.75) is 6.92 Å². The molecule has 0 spiro atoms. The van der Waals surface area contributed by atoms with E-state index < -0.39 is 11.9 Å². The van der Waals surface area contributed by atoms with Crippen LogP contribution in [0.25, 0.3) is 0 Å². The number of ether oxygens (including phenoxy) is 2. The minimum Gasteiger partial charge on any atom is -0.496 e. The van der Waals surface area contributed by atoms with E-state index in [9.17, 15) is 9.59 Å². The van der Waals surface area contributed by atoms with E-state index in [0.717, 1.165) is 0 Å². The first kappa shape index (κ1) is 15.6. The molecule has 0 saturated heterocycles. The van der Waals surface area contributed by atoms with Crippen molar-refractivity contribution in [3.63, 3.8) is 0 Å². The maximum absolute atomic E-state index is 12.4. The monoisotopic (exact) mass is 303 g/mol. The summed E-state index contributed by atoms with van der Waals surface area (Å²) in [7, 11) is 4.37. The van der Waals surface area contributed by atoms with Crippen LogP contribution >= 0.6 is 0 Å². The molecule has 0 fully saturated rings. The third-order valence-corrected chi connectivity index (χ3v) is 3.19. The molecule has 0 bridgehead atoms. The van der Waals surface area contributed by atoms with Crippen LogP contribution in [0.3, 0.4) is 0 Å². The highest BCUT2D eigenvalue weighted by molar-refractivity contribution is 6.09. The van der Waals surface area contributed by atoms with E-state index in [-0.39, 0.29) is 5.69 Å². The zero-order valence-corrected chi connectivity index (χ0v) is 12.8. The molecule has 0 aliphatic heterocycles. The maximum Gasteiger partial charge on any atom is 0.358 e. The van der Waals surface area contributed by atoms with E-state index in [1.165, 1.54) is 18.9 Å². The fraction of sp³-hybridized carbons (Fsp3) is 0.267. The van der Waals surface area contributed by atoms with Crippen LogP contribution in [0.15, 0.2) is 24.3 Å². The molecule has 1 aromatic carbocycles. The van der Waals surface area contributed by atoms with Crippen LogP contribution in [0, 0.1) is 6.92 Å². The van der Waals surface area contributed by atoms with Crippen LogP contribution in [-0.2, 0) is 11.8 Å². The number of esters is 1. The normalized spacial score (nSPS) is 10.2. The molecular formula is C15H17N3O4. The van der Waals surface area contributed by atoms with Crippen LogP contribution in [-0.4, -0.2) is 35.9 Å². The summed E-state index contributed by atoms with van der Waals surface area (Å²) < 4.78 is 11.3. The standard InChI is InChI=1S/C15H17N3O4/c1-9-12(13(15(20)22-4)18(2)17-9)16-14(19)10-7-5-6-8-11(10)21-3/h5-8H,1-4H3,(H,16,19). The fourth-order valence-electron chi connectivity index (χ4n) is 2.15. The topological polar surface area (TPSA) is 82.4 Å². The zero-order valence-electron chi connectivity index (χ0n) is 12.8. The molecule has 1 N–H and O–H groups in total. The van der Waals surface area contributed by atoms with Crippen molar-refractivity contribution in [1.29, 1.82) is 0 Å². The van der Waals surface area contributed by atoms with Crippen LogP contribution in [0.1, 0.15) is 26.5 Å². The van der Waals surface area contributed by atoms with Gasteiger partial charge in [-0.15, -0.1) is 0 Å². The number of hydrogen-bond donors (Lipinski definition) is 1. The molecule has 22 heavy (non-hydrogen) atoms. The summed E-state index contributed by atoms with van der Waals surface area (Å²) in [4.78, 5) is 24.3. The summed E-state index contributed by atoms with van der Waals surface area (Å²) in [5.41, 5.74) is 1.39. The van der Waals surface area contributed by atoms with Crippen LogP contribution < -0.4 is 10.1 Å². The molecule has 0 unspecified atom stereocenters. The smallest absolute Gasteiger partial charge is 0.358 e. The Hall–Kier alpha value is -2.83. The summed E-state index contributed by atoms with van der Waals surface area (Å²) in [5.74, 6) is -0.515. The molecule has 0 atom stereocenters. The number of carbonyl (C=O) groups excluding carboxylic acids is 2. The molecule has 0 saturated carbocycles. The molecular weight excluding hydrogens is 286 g/mol. The number of nitrogens with zero attached hydrogens (tertiary/aromatic N) is 2. The number of aryl methyl sites for hydroxylation is 2. The third-order valence-electron chi connectivity index (χ3n) is 3.19. The van der Waals surface area contributed by atoms with Gasteiger partial charge in [0, 0.05) is 7.05 Å². The average Bonchev–Trinajstić information content (AvgIpc) is 2.80. The van der Waals surface area contributed by atoms with Crippen molar-refractivity contribution in [2.75, 3.05) is 19.5 Å². The van der Waals surface area contributed by atoms with Gasteiger partial charge in [-0.1, -0.05) is 12.1 Å². The Balaban J connectivity index is 2.39. The Kier molecular flexibility index (Phi) is 4.45. The highest BCUT2D eigenvalue weighted by Gasteiger charge is 2.23. The summed E-state index contributed by atoms with van der Waals surface area (Å²) in [6, 6.07) is 6.82. The van der Waals surface area contributed by atoms with Crippen LogP contribution in [0.5, 0.6) is 5.75 Å². The second-order valence-corrected chi connectivity index (χ2v) is 4.58. The van der Waals surface area contributed by atoms with Gasteiger partial charge >= 0.3 is 5.97 Å². The number of anilines is 1. The second-order valence-electron chi connectivity index (χ2n) is 4.58. The summed E-state index contributed by atoms with van der Waals surface area (Å²) in [6.45, 7) is 1.70. The average molecular weight is 303 g/mol. The fourth-order valence-corrected chi connectivity index (χ4v) is 2.15. The highest BCUT2D eigenvalue weighted by Crippen LogP contribution is 2.24. The molecule has 116 valence electrons. The number of aromatic nitrogens is 2. The number of para-hydroxylation sites is 1. The molecule has 1 amide bonds. The van der Waals surface area contributed by atoms with Gasteiger partial charge in [-0.3, -0.25) is 9.48 Å². The minimum absolute atomic E-state index is 0.184. The molecule has 1 aromatic heterocycles. The Morgan fingerprint density at radius 2 is 1.91 bits per heavy atom. The van der Waals surface area contributed by atoms with Crippen LogP contribution in [0.4, 0.5) is 5.69 Å². The minimum atomic E-state index is -0.571. The molecule has 1 heterocycles.